The van der Waals surface area contributed by atoms with Crippen LogP contribution >= 0.6 is 11.3 Å². The summed E-state index contributed by atoms with van der Waals surface area (Å²) in [6.07, 6.45) is 3.26. The van der Waals surface area contributed by atoms with Gasteiger partial charge in [0.2, 0.25) is 0 Å². The number of rotatable bonds is 3. The lowest BCUT2D eigenvalue weighted by molar-refractivity contribution is 0.0868. The van der Waals surface area contributed by atoms with Crippen LogP contribution in [0.1, 0.15) is 48.0 Å². The molecule has 0 bridgehead atoms. The van der Waals surface area contributed by atoms with Gasteiger partial charge in [0.25, 0.3) is 5.91 Å². The van der Waals surface area contributed by atoms with Crippen molar-refractivity contribution >= 4 is 17.2 Å². The van der Waals surface area contributed by atoms with Gasteiger partial charge in [0, 0.05) is 10.3 Å². The highest BCUT2D eigenvalue weighted by Gasteiger charge is 2.26. The zero-order chi connectivity index (χ0) is 13.3. The minimum atomic E-state index is -0.562. The Morgan fingerprint density at radius 1 is 1.61 bits per heavy atom. The second kappa shape index (κ2) is 5.02. The van der Waals surface area contributed by atoms with Crippen molar-refractivity contribution in [1.29, 1.82) is 0 Å². The van der Waals surface area contributed by atoms with E-state index in [1.807, 2.05) is 19.2 Å². The van der Waals surface area contributed by atoms with E-state index < -0.39 is 5.54 Å². The fraction of sp³-hybridized carbons (Fsp3) is 0.643. The fourth-order valence-corrected chi connectivity index (χ4v) is 3.53. The number of aliphatic hydroxyl groups is 1. The number of hydrogen-bond donors (Lipinski definition) is 2. The lowest BCUT2D eigenvalue weighted by Crippen LogP contribution is -2.46. The Kier molecular flexibility index (Phi) is 3.78. The highest BCUT2D eigenvalue weighted by molar-refractivity contribution is 7.10. The van der Waals surface area contributed by atoms with Gasteiger partial charge in [0.15, 0.2) is 0 Å². The summed E-state index contributed by atoms with van der Waals surface area (Å²) in [5.74, 6) is 0.669. The highest BCUT2D eigenvalue weighted by Crippen LogP contribution is 2.32. The van der Waals surface area contributed by atoms with Gasteiger partial charge >= 0.3 is 0 Å². The molecule has 1 atom stereocenters. The predicted molar refractivity (Wildman–Crippen MR) is 74.1 cm³/mol. The maximum absolute atomic E-state index is 12.2. The van der Waals surface area contributed by atoms with E-state index in [2.05, 4.69) is 12.2 Å². The minimum Gasteiger partial charge on any atom is -0.394 e. The Morgan fingerprint density at radius 2 is 2.33 bits per heavy atom. The molecule has 0 aliphatic heterocycles. The normalized spacial score (nSPS) is 19.4. The molecule has 2 rings (SSSR count). The summed E-state index contributed by atoms with van der Waals surface area (Å²) in [4.78, 5) is 13.6. The zero-order valence-corrected chi connectivity index (χ0v) is 12.1. The number of nitrogens with one attached hydrogen (secondary N) is 1. The summed E-state index contributed by atoms with van der Waals surface area (Å²) in [6.45, 7) is 5.86. The Bertz CT molecular complexity index is 451. The van der Waals surface area contributed by atoms with Crippen LogP contribution in [0.2, 0.25) is 0 Å². The Labute approximate surface area is 112 Å². The summed E-state index contributed by atoms with van der Waals surface area (Å²) in [6, 6.07) is 0. The molecule has 1 aromatic rings. The lowest BCUT2D eigenvalue weighted by Gasteiger charge is -2.24. The monoisotopic (exact) mass is 267 g/mol. The maximum atomic E-state index is 12.2. The molecule has 1 amide bonds. The average Bonchev–Trinajstić information content (AvgIpc) is 2.71. The Hall–Kier alpha value is -0.870. The molecule has 2 N–H and O–H groups in total. The van der Waals surface area contributed by atoms with Crippen LogP contribution in [0.4, 0.5) is 0 Å². The molecule has 100 valence electrons. The van der Waals surface area contributed by atoms with Crippen molar-refractivity contribution in [2.75, 3.05) is 6.61 Å². The van der Waals surface area contributed by atoms with Crippen LogP contribution < -0.4 is 5.32 Å². The number of thiophene rings is 1. The molecule has 0 spiro atoms. The summed E-state index contributed by atoms with van der Waals surface area (Å²) < 4.78 is 0. The van der Waals surface area contributed by atoms with E-state index in [1.165, 1.54) is 10.4 Å². The van der Waals surface area contributed by atoms with E-state index in [0.29, 0.717) is 0 Å². The SMILES string of the molecule is CC1CCc2c(C(=O)NC(C)(C)CO)csc2C1. The third-order valence-corrected chi connectivity index (χ3v) is 4.54. The van der Waals surface area contributed by atoms with Crippen LogP contribution in [-0.4, -0.2) is 23.2 Å². The molecular formula is C14H21NO2S. The third-order valence-electron chi connectivity index (χ3n) is 3.49. The van der Waals surface area contributed by atoms with Crippen molar-refractivity contribution < 1.29 is 9.90 Å². The molecule has 1 aromatic heterocycles. The first-order valence-corrected chi connectivity index (χ1v) is 7.33. The van der Waals surface area contributed by atoms with E-state index >= 15 is 0 Å². The quantitative estimate of drug-likeness (QED) is 0.883. The zero-order valence-electron chi connectivity index (χ0n) is 11.2. The van der Waals surface area contributed by atoms with Crippen LogP contribution in [0.15, 0.2) is 5.38 Å². The minimum absolute atomic E-state index is 0.0535. The molecule has 0 fully saturated rings. The van der Waals surface area contributed by atoms with E-state index in [1.54, 1.807) is 11.3 Å². The average molecular weight is 267 g/mol. The molecular weight excluding hydrogens is 246 g/mol. The summed E-state index contributed by atoms with van der Waals surface area (Å²) in [5.41, 5.74) is 1.47. The lowest BCUT2D eigenvalue weighted by atomic mass is 9.88. The largest absolute Gasteiger partial charge is 0.394 e. The van der Waals surface area contributed by atoms with E-state index in [4.69, 9.17) is 0 Å². The van der Waals surface area contributed by atoms with Crippen LogP contribution in [0.25, 0.3) is 0 Å². The van der Waals surface area contributed by atoms with Gasteiger partial charge in [-0.1, -0.05) is 6.92 Å². The standard InChI is InChI=1S/C14H21NO2S/c1-9-4-5-10-11(7-18-12(10)6-9)13(17)15-14(2,3)8-16/h7,9,16H,4-6,8H2,1-3H3,(H,15,17). The molecule has 1 aliphatic rings. The maximum Gasteiger partial charge on any atom is 0.252 e. The number of carbonyl (C=O) groups is 1. The van der Waals surface area contributed by atoms with Crippen LogP contribution in [0.3, 0.4) is 0 Å². The van der Waals surface area contributed by atoms with E-state index in [0.717, 1.165) is 30.7 Å². The summed E-state index contributed by atoms with van der Waals surface area (Å²) >= 11 is 1.69. The van der Waals surface area contributed by atoms with Gasteiger partial charge in [-0.05, 0) is 44.6 Å². The molecule has 1 aliphatic carbocycles. The van der Waals surface area contributed by atoms with Crippen molar-refractivity contribution in [2.24, 2.45) is 5.92 Å². The molecule has 0 radical (unpaired) electrons. The molecule has 18 heavy (non-hydrogen) atoms. The number of carbonyl (C=O) groups excluding carboxylic acids is 1. The first-order chi connectivity index (χ1) is 8.43. The van der Waals surface area contributed by atoms with Crippen molar-refractivity contribution in [1.82, 2.24) is 5.32 Å². The second-order valence-corrected chi connectivity index (χ2v) is 6.86. The van der Waals surface area contributed by atoms with Crippen molar-refractivity contribution in [3.8, 4) is 0 Å². The molecule has 0 saturated carbocycles. The van der Waals surface area contributed by atoms with Gasteiger partial charge in [-0.3, -0.25) is 4.79 Å². The van der Waals surface area contributed by atoms with Crippen LogP contribution in [-0.2, 0) is 12.8 Å². The van der Waals surface area contributed by atoms with Crippen molar-refractivity contribution in [2.45, 2.75) is 45.6 Å². The second-order valence-electron chi connectivity index (χ2n) is 5.90. The number of hydrogen-bond acceptors (Lipinski definition) is 3. The molecule has 1 heterocycles. The van der Waals surface area contributed by atoms with Gasteiger partial charge < -0.3 is 10.4 Å². The Morgan fingerprint density at radius 3 is 3.00 bits per heavy atom. The van der Waals surface area contributed by atoms with Gasteiger partial charge in [-0.2, -0.15) is 0 Å². The van der Waals surface area contributed by atoms with Crippen LogP contribution in [0.5, 0.6) is 0 Å². The molecule has 4 heteroatoms. The van der Waals surface area contributed by atoms with Gasteiger partial charge in [-0.25, -0.2) is 0 Å². The Balaban J connectivity index is 2.17. The highest BCUT2D eigenvalue weighted by atomic mass is 32.1. The van der Waals surface area contributed by atoms with E-state index in [-0.39, 0.29) is 12.5 Å². The van der Waals surface area contributed by atoms with Gasteiger partial charge in [0.05, 0.1) is 17.7 Å². The van der Waals surface area contributed by atoms with Crippen molar-refractivity contribution in [3.05, 3.63) is 21.4 Å². The van der Waals surface area contributed by atoms with Gasteiger partial charge in [0.1, 0.15) is 0 Å². The van der Waals surface area contributed by atoms with E-state index in [9.17, 15) is 9.90 Å². The molecule has 1 unspecified atom stereocenters. The number of amides is 1. The third kappa shape index (κ3) is 2.75. The smallest absolute Gasteiger partial charge is 0.252 e. The topological polar surface area (TPSA) is 49.3 Å². The first-order valence-electron chi connectivity index (χ1n) is 6.45. The predicted octanol–water partition coefficient (Wildman–Crippen LogP) is 2.37. The number of fused-ring (bicyclic) bond motifs is 1. The molecule has 0 saturated heterocycles. The summed E-state index contributed by atoms with van der Waals surface area (Å²) in [7, 11) is 0. The number of aliphatic hydroxyl groups excluding tert-OH is 1. The van der Waals surface area contributed by atoms with Gasteiger partial charge in [-0.15, -0.1) is 11.3 Å². The molecule has 0 aromatic carbocycles. The first kappa shape index (κ1) is 13.6. The summed E-state index contributed by atoms with van der Waals surface area (Å²) in [5, 5.41) is 14.1. The van der Waals surface area contributed by atoms with Crippen molar-refractivity contribution in [3.63, 3.8) is 0 Å². The molecule has 3 nitrogen and oxygen atoms in total. The van der Waals surface area contributed by atoms with Crippen LogP contribution in [0, 0.1) is 5.92 Å². The fourth-order valence-electron chi connectivity index (χ4n) is 2.28.